The number of hydrogen-bond donors (Lipinski definition) is 17. The first-order chi connectivity index (χ1) is 46.2. The second-order valence-corrected chi connectivity index (χ2v) is 25.8. The molecule has 0 unspecified atom stereocenters. The molecule has 1 fully saturated rings. The molecule has 10 atom stereocenters. The van der Waals surface area contributed by atoms with Gasteiger partial charge in [0.2, 0.25) is 47.3 Å². The fourth-order valence-corrected chi connectivity index (χ4v) is 12.6. The number of aromatic amines is 1. The number of carbonyl (C=O) groups is 12. The summed E-state index contributed by atoms with van der Waals surface area (Å²) < 4.78 is 0. The van der Waals surface area contributed by atoms with Crippen LogP contribution in [0, 0.1) is 0 Å². The molecule has 0 saturated carbocycles. The number of aliphatic carboxylic acids is 4. The molecule has 3 aromatic carbocycles. The molecule has 4 aromatic rings. The molecule has 35 heteroatoms. The number of aliphatic hydroxyl groups excluding tert-OH is 3. The molecule has 98 heavy (non-hydrogen) atoms. The number of carboxylic acids is 4. The zero-order valence-corrected chi connectivity index (χ0v) is 59.1. The van der Waals surface area contributed by atoms with Crippen LogP contribution in [0.3, 0.4) is 0 Å². The van der Waals surface area contributed by atoms with Crippen molar-refractivity contribution in [1.82, 2.24) is 62.2 Å². The summed E-state index contributed by atoms with van der Waals surface area (Å²) in [5, 5.41) is 91.6. The van der Waals surface area contributed by atoms with Crippen molar-refractivity contribution in [3.63, 3.8) is 0 Å². The number of nitrogens with one attached hydrogen (secondary N) is 9. The van der Waals surface area contributed by atoms with Gasteiger partial charge in [-0.25, -0.2) is 0 Å². The molecule has 530 valence electrons. The van der Waals surface area contributed by atoms with Gasteiger partial charge >= 0.3 is 49.7 Å². The zero-order valence-electron chi connectivity index (χ0n) is 54.2. The van der Waals surface area contributed by atoms with Gasteiger partial charge in [0.05, 0.1) is 57.6 Å². The van der Waals surface area contributed by atoms with Crippen LogP contribution in [0.4, 0.5) is 0 Å². The molecule has 0 bridgehead atoms. The van der Waals surface area contributed by atoms with Gasteiger partial charge in [0.25, 0.3) is 0 Å². The van der Waals surface area contributed by atoms with Crippen molar-refractivity contribution in [3.8, 4) is 0 Å². The number of rotatable bonds is 34. The van der Waals surface area contributed by atoms with Crippen molar-refractivity contribution in [1.29, 1.82) is 0 Å². The average Bonchev–Trinajstić information content (AvgIpc) is 1.60. The van der Waals surface area contributed by atoms with E-state index in [2.05, 4.69) is 47.5 Å². The number of unbranched alkanes of at least 4 members (excludes halogenated alkanes) is 1. The summed E-state index contributed by atoms with van der Waals surface area (Å²) in [6.45, 7) is -2.46. The van der Waals surface area contributed by atoms with Gasteiger partial charge in [-0.2, -0.15) is 0 Å². The third-order valence-electron chi connectivity index (χ3n) is 15.4. The van der Waals surface area contributed by atoms with Crippen LogP contribution < -0.4 is 48.3 Å². The van der Waals surface area contributed by atoms with E-state index in [9.17, 15) is 83.7 Å². The largest absolute Gasteiger partial charge is 3.00 e. The maximum Gasteiger partial charge on any atom is 3.00 e. The minimum atomic E-state index is -1.78. The van der Waals surface area contributed by atoms with Crippen LogP contribution in [-0.2, 0) is 76.8 Å². The minimum Gasteiger partial charge on any atom is -0.480 e. The molecule has 0 aliphatic carbocycles. The van der Waals surface area contributed by atoms with E-state index in [4.69, 9.17) is 5.73 Å². The zero-order chi connectivity index (χ0) is 71.1. The van der Waals surface area contributed by atoms with Crippen LogP contribution in [0.2, 0.25) is 0 Å². The normalized spacial score (nSPS) is 19.6. The Hall–Kier alpha value is -7.87. The Bertz CT molecular complexity index is 3290. The van der Waals surface area contributed by atoms with Crippen LogP contribution in [0.1, 0.15) is 49.8 Å². The fourth-order valence-electron chi connectivity index (χ4n) is 10.3. The molecule has 5 rings (SSSR count). The first kappa shape index (κ1) is 82.6. The van der Waals surface area contributed by atoms with Crippen LogP contribution in [-0.4, -0.2) is 297 Å². The van der Waals surface area contributed by atoms with Crippen molar-refractivity contribution in [2.45, 2.75) is 113 Å². The number of H-pyrrole nitrogens is 1. The second-order valence-electron chi connectivity index (χ2n) is 23.3. The molecule has 1 aliphatic heterocycles. The Morgan fingerprint density at radius 3 is 1.67 bits per heavy atom. The molecular formula is C63H87InN13O19S2+3. The number of nitrogens with zero attached hydrogens (tertiary/aromatic N) is 3. The summed E-state index contributed by atoms with van der Waals surface area (Å²) in [7, 11) is 1.77. The Balaban J connectivity index is 0.0000204. The van der Waals surface area contributed by atoms with Gasteiger partial charge in [-0.15, -0.1) is 0 Å². The first-order valence-electron chi connectivity index (χ1n) is 31.2. The van der Waals surface area contributed by atoms with Crippen molar-refractivity contribution in [2.75, 3.05) is 83.6 Å². The molecule has 18 N–H and O–H groups in total. The maximum absolute atomic E-state index is 15.2. The Morgan fingerprint density at radius 2 is 1.10 bits per heavy atom. The molecule has 0 radical (unpaired) electrons. The molecule has 1 aromatic heterocycles. The van der Waals surface area contributed by atoms with Crippen molar-refractivity contribution in [2.24, 2.45) is 5.73 Å². The third kappa shape index (κ3) is 28.9. The molecule has 1 aliphatic rings. The van der Waals surface area contributed by atoms with Gasteiger partial charge < -0.3 is 89.0 Å². The third-order valence-corrected chi connectivity index (χ3v) is 17.8. The minimum absolute atomic E-state index is 0. The van der Waals surface area contributed by atoms with Crippen molar-refractivity contribution < 1.29 is 93.3 Å². The summed E-state index contributed by atoms with van der Waals surface area (Å²) >= 11 is 0. The van der Waals surface area contributed by atoms with Crippen LogP contribution in [0.15, 0.2) is 91.1 Å². The average molecular weight is 1510 g/mol. The van der Waals surface area contributed by atoms with E-state index in [1.54, 1.807) is 91.1 Å². The van der Waals surface area contributed by atoms with E-state index in [1.807, 2.05) is 0 Å². The number of nitrogens with two attached hydrogens (primary N) is 1. The maximum atomic E-state index is 15.2. The summed E-state index contributed by atoms with van der Waals surface area (Å²) in [5.41, 5.74) is 8.10. The summed E-state index contributed by atoms with van der Waals surface area (Å²) in [5.74, 6) is -13.8. The van der Waals surface area contributed by atoms with E-state index < -0.39 is 177 Å². The summed E-state index contributed by atoms with van der Waals surface area (Å²) in [6.07, 6.45) is -1.31. The quantitative estimate of drug-likeness (QED) is 0.0158. The number of amides is 8. The number of carbonyl (C=O) groups excluding carboxylic acids is 8. The van der Waals surface area contributed by atoms with Gasteiger partial charge in [0.1, 0.15) is 42.3 Å². The van der Waals surface area contributed by atoms with E-state index in [1.165, 1.54) is 18.7 Å². The van der Waals surface area contributed by atoms with Gasteiger partial charge in [-0.05, 0) is 62.4 Å². The number of carboxylic acid groups (broad SMARTS) is 4. The number of aromatic nitrogens is 1. The number of hydrogen-bond acceptors (Lipinski definition) is 21. The molecule has 0 spiro atoms. The molecule has 8 amide bonds. The van der Waals surface area contributed by atoms with Crippen LogP contribution in [0.25, 0.3) is 10.9 Å². The smallest absolute Gasteiger partial charge is 0.480 e. The predicted octanol–water partition coefficient (Wildman–Crippen LogP) is -3.78. The number of aliphatic hydroxyl groups is 3. The molecule has 2 heterocycles. The van der Waals surface area contributed by atoms with Crippen molar-refractivity contribution in [3.05, 3.63) is 108 Å². The van der Waals surface area contributed by atoms with Crippen molar-refractivity contribution >= 4 is 129 Å². The van der Waals surface area contributed by atoms with E-state index >= 15 is 9.59 Å². The van der Waals surface area contributed by atoms with E-state index in [-0.39, 0.29) is 96.4 Å². The monoisotopic (exact) mass is 1510 g/mol. The standard InChI is InChI=1S/C63H87N13O19S2.In/c1-37(78)48(34-77)70-62(94)50-36-97-96-35-49(71-58(90)45(25-39-13-5-3-6-14-39)66-51(80)29-75(31-53(83)84)23-21-74(30-52(81)82)22-24-76(32-54(85)86)33-55(87)88)61(93)68-46(26-40-15-7-4-8-16-40)59(91)69-47(27-41-28-65-43-18-10-9-17-42(41)43)60(92)67-44(19-11-12-20-64)57(89)73-56(38(2)79)63(95)72-50;/h3-10,13-18,28,37-38,44-50,56,65,77-79H,11-12,19-27,29-36,64H2,1-2H3,(H,66,80)(H,67,92)(H,68,93)(H,69,91)(H,70,94)(H,71,90)(H,72,95)(H,73,89)(H,81,82)(H,83,84)(H,85,86)(H,87,88);/q;+3/t37-,38-,44+,45-,46+,47-,48-,49+,50+,56+;/m1./s1. The first-order valence-corrected chi connectivity index (χ1v) is 33.7. The summed E-state index contributed by atoms with van der Waals surface area (Å²) in [6, 6.07) is 11.7. The molecular weight excluding hydrogens is 1420 g/mol. The topological polar surface area (TPSA) is 494 Å². The Labute approximate surface area is 591 Å². The SMILES string of the molecule is C[C@@H](O)[C@@H]1NC(=O)[C@H](CCCCN)NC(=O)[C@@H](Cc2c[nH]c3ccccc23)NC(=O)[C@H](Cc2ccccc2)NC(=O)[C@@H](NC(=O)[C@@H](Cc2ccccc2)NC(=O)CN(CCN(CCN(CC(=O)O)CC(=O)O)CC(=O)O)CC(=O)O)CSSC[C@@H](C(=O)N[C@H](CO)[C@@H](C)O)NC1=O.[In+3]. The van der Waals surface area contributed by atoms with E-state index in [0.29, 0.717) is 34.0 Å². The van der Waals surface area contributed by atoms with Gasteiger partial charge in [0, 0.05) is 74.0 Å². The van der Waals surface area contributed by atoms with Gasteiger partial charge in [0.15, 0.2) is 0 Å². The second kappa shape index (κ2) is 42.8. The fraction of sp³-hybridized carbons (Fsp3) is 0.492. The van der Waals surface area contributed by atoms with Gasteiger partial charge in [-0.3, -0.25) is 72.2 Å². The van der Waals surface area contributed by atoms with E-state index in [0.717, 1.165) is 31.4 Å². The number of benzene rings is 3. The molecule has 32 nitrogen and oxygen atoms in total. The molecule has 1 saturated heterocycles. The van der Waals surface area contributed by atoms with Crippen LogP contribution >= 0.6 is 21.6 Å². The Morgan fingerprint density at radius 1 is 0.592 bits per heavy atom. The van der Waals surface area contributed by atoms with Crippen LogP contribution in [0.5, 0.6) is 0 Å². The van der Waals surface area contributed by atoms with Gasteiger partial charge in [-0.1, -0.05) is 100 Å². The summed E-state index contributed by atoms with van der Waals surface area (Å²) in [4.78, 5) is 171. The number of fused-ring (bicyclic) bond motifs is 1. The predicted molar refractivity (Wildman–Crippen MR) is 362 cm³/mol. The number of para-hydroxylation sites is 1. The Kier molecular flexibility index (Phi) is 36.1.